The summed E-state index contributed by atoms with van der Waals surface area (Å²) in [6, 6.07) is 19.7. The van der Waals surface area contributed by atoms with Crippen LogP contribution in [0.15, 0.2) is 46.2 Å². The summed E-state index contributed by atoms with van der Waals surface area (Å²) in [5, 5.41) is 0. The molecule has 0 aliphatic rings. The predicted molar refractivity (Wildman–Crippen MR) is 53.7 cm³/mol. The molecule has 0 N–H and O–H groups in total. The number of sulfone groups is 1. The van der Waals surface area contributed by atoms with Gasteiger partial charge in [-0.2, -0.15) is 0 Å². The van der Waals surface area contributed by atoms with Gasteiger partial charge in [0, 0.05) is 12.1 Å². The molecule has 0 aromatic heterocycles. The Balaban J connectivity index is 2.55. The molecule has 2 nitrogen and oxygen atoms in total. The van der Waals surface area contributed by atoms with Crippen molar-refractivity contribution in [3.8, 4) is 0 Å². The highest BCUT2D eigenvalue weighted by Crippen LogP contribution is 2.18. The van der Waals surface area contributed by atoms with Gasteiger partial charge in [-0.05, 0) is 24.3 Å². The Kier molecular flexibility index (Phi) is 2.56. The van der Waals surface area contributed by atoms with Crippen molar-refractivity contribution in [3.63, 3.8) is 0 Å². The van der Waals surface area contributed by atoms with Crippen molar-refractivity contribution in [2.75, 3.05) is 0 Å². The molecule has 0 aliphatic carbocycles. The molecule has 4 radical (unpaired) electrons. The van der Waals surface area contributed by atoms with Crippen LogP contribution in [0.5, 0.6) is 0 Å². The Labute approximate surface area is 89.1 Å². The highest BCUT2D eigenvalue weighted by molar-refractivity contribution is 7.91. The monoisotopic (exact) mass is 214 g/mol. The van der Waals surface area contributed by atoms with E-state index in [0.29, 0.717) is 0 Å². The van der Waals surface area contributed by atoms with E-state index in [9.17, 15) is 8.42 Å². The SMILES string of the molecule is O=S(=O)(c1[c]cc[c]c1)c1[c]cc[c]c1. The van der Waals surface area contributed by atoms with Crippen LogP contribution < -0.4 is 0 Å². The Morgan fingerprint density at radius 2 is 1.27 bits per heavy atom. The average Bonchev–Trinajstić information content (AvgIpc) is 2.31. The van der Waals surface area contributed by atoms with E-state index in [1.165, 1.54) is 24.3 Å². The molecule has 0 aliphatic heterocycles. The minimum atomic E-state index is -3.51. The van der Waals surface area contributed by atoms with Crippen molar-refractivity contribution in [3.05, 3.63) is 60.7 Å². The maximum Gasteiger partial charge on any atom is 0.207 e. The fourth-order valence-corrected chi connectivity index (χ4v) is 2.23. The smallest absolute Gasteiger partial charge is 0.207 e. The standard InChI is InChI=1S/C12H6O2S/c13-15(14,11-7-3-1-4-8-11)12-9-5-2-6-10-12/h1-3,5,8,10H. The molecule has 0 spiro atoms. The first-order valence-corrected chi connectivity index (χ1v) is 5.70. The van der Waals surface area contributed by atoms with Gasteiger partial charge in [0.05, 0.1) is 9.79 Å². The molecule has 2 aromatic carbocycles. The molecule has 0 unspecified atom stereocenters. The third kappa shape index (κ3) is 1.92. The molecule has 15 heavy (non-hydrogen) atoms. The van der Waals surface area contributed by atoms with E-state index in [4.69, 9.17) is 0 Å². The lowest BCUT2D eigenvalue weighted by molar-refractivity contribution is 0.595. The van der Waals surface area contributed by atoms with Crippen LogP contribution in [-0.2, 0) is 9.84 Å². The van der Waals surface area contributed by atoms with Crippen molar-refractivity contribution in [1.29, 1.82) is 0 Å². The van der Waals surface area contributed by atoms with Crippen molar-refractivity contribution in [2.45, 2.75) is 9.79 Å². The van der Waals surface area contributed by atoms with Gasteiger partial charge in [-0.25, -0.2) is 8.42 Å². The second-order valence-electron chi connectivity index (χ2n) is 2.81. The molecule has 0 saturated heterocycles. The first-order chi connectivity index (χ1) is 7.21. The minimum Gasteiger partial charge on any atom is -0.218 e. The van der Waals surface area contributed by atoms with Crippen molar-refractivity contribution in [1.82, 2.24) is 0 Å². The van der Waals surface area contributed by atoms with Crippen LogP contribution in [-0.4, -0.2) is 8.42 Å². The number of rotatable bonds is 2. The van der Waals surface area contributed by atoms with Gasteiger partial charge in [-0.15, -0.1) is 0 Å². The molecule has 72 valence electrons. The fourth-order valence-electron chi connectivity index (χ4n) is 1.10. The molecular weight excluding hydrogens is 208 g/mol. The lowest BCUT2D eigenvalue weighted by atomic mass is 10.4. The van der Waals surface area contributed by atoms with Gasteiger partial charge in [0.15, 0.2) is 0 Å². The highest BCUT2D eigenvalue weighted by atomic mass is 32.2. The largest absolute Gasteiger partial charge is 0.218 e. The third-order valence-electron chi connectivity index (χ3n) is 1.82. The minimum absolute atomic E-state index is 0.0980. The van der Waals surface area contributed by atoms with E-state index in [-0.39, 0.29) is 9.79 Å². The van der Waals surface area contributed by atoms with Crippen LogP contribution in [0.4, 0.5) is 0 Å². The summed E-state index contributed by atoms with van der Waals surface area (Å²) in [6.45, 7) is 0. The Morgan fingerprint density at radius 3 is 1.60 bits per heavy atom. The van der Waals surface area contributed by atoms with E-state index in [2.05, 4.69) is 24.3 Å². The van der Waals surface area contributed by atoms with Crippen LogP contribution in [0.25, 0.3) is 0 Å². The normalized spacial score (nSPS) is 11.2. The second-order valence-corrected chi connectivity index (χ2v) is 4.70. The van der Waals surface area contributed by atoms with Gasteiger partial charge in [0.2, 0.25) is 9.84 Å². The van der Waals surface area contributed by atoms with Crippen molar-refractivity contribution < 1.29 is 8.42 Å². The molecule has 0 atom stereocenters. The summed E-state index contributed by atoms with van der Waals surface area (Å²) in [5.41, 5.74) is 0. The van der Waals surface area contributed by atoms with E-state index >= 15 is 0 Å². The summed E-state index contributed by atoms with van der Waals surface area (Å²) in [4.78, 5) is 0.196. The highest BCUT2D eigenvalue weighted by Gasteiger charge is 2.16. The third-order valence-corrected chi connectivity index (χ3v) is 3.45. The summed E-state index contributed by atoms with van der Waals surface area (Å²) in [7, 11) is -3.51. The number of benzene rings is 2. The van der Waals surface area contributed by atoms with Crippen LogP contribution >= 0.6 is 0 Å². The second kappa shape index (κ2) is 3.87. The van der Waals surface area contributed by atoms with Gasteiger partial charge >= 0.3 is 0 Å². The van der Waals surface area contributed by atoms with E-state index in [0.717, 1.165) is 0 Å². The maximum absolute atomic E-state index is 11.9. The maximum atomic E-state index is 11.9. The first kappa shape index (κ1) is 9.93. The summed E-state index contributed by atoms with van der Waals surface area (Å²) >= 11 is 0. The molecule has 0 amide bonds. The topological polar surface area (TPSA) is 34.1 Å². The quantitative estimate of drug-likeness (QED) is 0.762. The van der Waals surface area contributed by atoms with Crippen molar-refractivity contribution >= 4 is 9.84 Å². The zero-order valence-corrected chi connectivity index (χ0v) is 8.51. The van der Waals surface area contributed by atoms with E-state index < -0.39 is 9.84 Å². The average molecular weight is 214 g/mol. The Morgan fingerprint density at radius 1 is 0.800 bits per heavy atom. The molecule has 0 heterocycles. The van der Waals surface area contributed by atoms with Gasteiger partial charge in [0.25, 0.3) is 0 Å². The molecule has 0 fully saturated rings. The predicted octanol–water partition coefficient (Wildman–Crippen LogP) is 1.72. The molecule has 2 aromatic rings. The number of hydrogen-bond donors (Lipinski definition) is 0. The Bertz CT molecular complexity index is 485. The zero-order chi connectivity index (χ0) is 10.7. The van der Waals surface area contributed by atoms with Crippen LogP contribution in [0.2, 0.25) is 0 Å². The van der Waals surface area contributed by atoms with Crippen molar-refractivity contribution in [2.24, 2.45) is 0 Å². The zero-order valence-electron chi connectivity index (χ0n) is 7.69. The molecule has 0 saturated carbocycles. The van der Waals surface area contributed by atoms with Gasteiger partial charge in [-0.3, -0.25) is 0 Å². The molecule has 3 heteroatoms. The van der Waals surface area contributed by atoms with Gasteiger partial charge < -0.3 is 0 Å². The molecule has 2 rings (SSSR count). The summed E-state index contributed by atoms with van der Waals surface area (Å²) < 4.78 is 23.9. The summed E-state index contributed by atoms with van der Waals surface area (Å²) in [6.07, 6.45) is 0. The number of hydrogen-bond acceptors (Lipinski definition) is 2. The van der Waals surface area contributed by atoms with Crippen LogP contribution in [0, 0.1) is 24.3 Å². The van der Waals surface area contributed by atoms with Gasteiger partial charge in [0.1, 0.15) is 0 Å². The molecular formula is C12H6O2S. The van der Waals surface area contributed by atoms with E-state index in [1.54, 1.807) is 12.1 Å². The van der Waals surface area contributed by atoms with E-state index in [1.807, 2.05) is 0 Å². The summed E-state index contributed by atoms with van der Waals surface area (Å²) in [5.74, 6) is 0. The van der Waals surface area contributed by atoms with Gasteiger partial charge in [-0.1, -0.05) is 24.3 Å². The lowest BCUT2D eigenvalue weighted by Crippen LogP contribution is -2.01. The molecule has 0 bridgehead atoms. The Hall–Kier alpha value is -1.61. The first-order valence-electron chi connectivity index (χ1n) is 4.22. The van der Waals surface area contributed by atoms with Crippen LogP contribution in [0.1, 0.15) is 0 Å². The lowest BCUT2D eigenvalue weighted by Gasteiger charge is -2.01. The fraction of sp³-hybridized carbons (Fsp3) is 0. The van der Waals surface area contributed by atoms with Crippen LogP contribution in [0.3, 0.4) is 0 Å².